The molecule has 0 saturated carbocycles. The molecule has 7 heteroatoms. The number of rotatable bonds is 3. The van der Waals surface area contributed by atoms with E-state index < -0.39 is 6.04 Å². The summed E-state index contributed by atoms with van der Waals surface area (Å²) in [6.07, 6.45) is 0. The molecular formula is C11H13BrClN3O2. The molecule has 1 rings (SSSR count). The molecule has 0 aliphatic heterocycles. The Hall–Kier alpha value is -1.27. The van der Waals surface area contributed by atoms with E-state index in [9.17, 15) is 4.79 Å². The summed E-state index contributed by atoms with van der Waals surface area (Å²) in [5, 5.41) is 11.8. The van der Waals surface area contributed by atoms with Crippen LogP contribution in [0.5, 0.6) is 0 Å². The summed E-state index contributed by atoms with van der Waals surface area (Å²) in [7, 11) is 1.56. The lowest BCUT2D eigenvalue weighted by molar-refractivity contribution is 0.0776. The molecule has 1 unspecified atom stereocenters. The van der Waals surface area contributed by atoms with Crippen LogP contribution in [0.3, 0.4) is 0 Å². The Kier molecular flexibility index (Phi) is 4.98. The zero-order chi connectivity index (χ0) is 13.9. The molecule has 0 aliphatic rings. The lowest BCUT2D eigenvalue weighted by Crippen LogP contribution is -2.43. The van der Waals surface area contributed by atoms with Crippen molar-refractivity contribution < 1.29 is 10.0 Å². The number of nitrogens with two attached hydrogens (primary N) is 1. The van der Waals surface area contributed by atoms with E-state index >= 15 is 0 Å². The highest BCUT2D eigenvalue weighted by Crippen LogP contribution is 2.22. The van der Waals surface area contributed by atoms with Crippen LogP contribution < -0.4 is 5.73 Å². The van der Waals surface area contributed by atoms with Crippen LogP contribution in [0.4, 0.5) is 0 Å². The van der Waals surface area contributed by atoms with Crippen molar-refractivity contribution in [2.45, 2.75) is 13.0 Å². The van der Waals surface area contributed by atoms with E-state index in [0.717, 1.165) is 4.47 Å². The van der Waals surface area contributed by atoms with E-state index in [2.05, 4.69) is 21.1 Å². The van der Waals surface area contributed by atoms with Gasteiger partial charge in [-0.2, -0.15) is 0 Å². The van der Waals surface area contributed by atoms with Crippen LogP contribution in [0.2, 0.25) is 5.02 Å². The fourth-order valence-electron chi connectivity index (χ4n) is 1.31. The summed E-state index contributed by atoms with van der Waals surface area (Å²) < 4.78 is 0.750. The first-order valence-corrected chi connectivity index (χ1v) is 6.25. The number of carbonyl (C=O) groups is 1. The average Bonchev–Trinajstić information content (AvgIpc) is 2.38. The molecule has 18 heavy (non-hydrogen) atoms. The number of halogens is 2. The van der Waals surface area contributed by atoms with E-state index in [1.54, 1.807) is 32.2 Å². The third-order valence-electron chi connectivity index (χ3n) is 2.60. The fraction of sp³-hybridized carbons (Fsp3) is 0.273. The summed E-state index contributed by atoms with van der Waals surface area (Å²) in [4.78, 5) is 13.6. The molecule has 1 aromatic carbocycles. The van der Waals surface area contributed by atoms with Gasteiger partial charge in [-0.25, -0.2) is 0 Å². The minimum atomic E-state index is -0.530. The second kappa shape index (κ2) is 6.06. The highest BCUT2D eigenvalue weighted by atomic mass is 79.9. The molecule has 1 aromatic rings. The van der Waals surface area contributed by atoms with E-state index in [0.29, 0.717) is 10.6 Å². The molecule has 5 nitrogen and oxygen atoms in total. The Morgan fingerprint density at radius 2 is 2.22 bits per heavy atom. The number of nitrogens with zero attached hydrogens (tertiary/aromatic N) is 2. The zero-order valence-electron chi connectivity index (χ0n) is 9.89. The van der Waals surface area contributed by atoms with Gasteiger partial charge in [0.2, 0.25) is 0 Å². The maximum atomic E-state index is 12.2. The highest BCUT2D eigenvalue weighted by Gasteiger charge is 2.22. The van der Waals surface area contributed by atoms with Gasteiger partial charge in [-0.05, 0) is 25.1 Å². The fourth-order valence-corrected chi connectivity index (χ4v) is 1.87. The first kappa shape index (κ1) is 14.8. The third kappa shape index (κ3) is 3.14. The second-order valence-electron chi connectivity index (χ2n) is 3.74. The maximum absolute atomic E-state index is 12.2. The van der Waals surface area contributed by atoms with Gasteiger partial charge in [0.25, 0.3) is 5.91 Å². The molecule has 1 amide bonds. The van der Waals surface area contributed by atoms with Gasteiger partial charge in [-0.3, -0.25) is 4.79 Å². The lowest BCUT2D eigenvalue weighted by atomic mass is 10.1. The van der Waals surface area contributed by atoms with Gasteiger partial charge in [0.05, 0.1) is 16.6 Å². The standard InChI is InChI=1S/C11H13BrClN3O2/c1-6(10(14)15-18)16(2)11(17)8-5-7(12)3-4-9(8)13/h3-6,18H,1-2H3,(H2,14,15). The number of likely N-dealkylation sites (N-methyl/N-ethyl adjacent to an activating group) is 1. The largest absolute Gasteiger partial charge is 0.409 e. The van der Waals surface area contributed by atoms with E-state index in [4.69, 9.17) is 22.5 Å². The Bertz CT molecular complexity index is 493. The third-order valence-corrected chi connectivity index (χ3v) is 3.43. The van der Waals surface area contributed by atoms with E-state index in [1.165, 1.54) is 4.90 Å². The Balaban J connectivity index is 3.03. The van der Waals surface area contributed by atoms with Crippen molar-refractivity contribution in [2.24, 2.45) is 10.9 Å². The number of hydrogen-bond acceptors (Lipinski definition) is 3. The van der Waals surface area contributed by atoms with Crippen LogP contribution in [-0.4, -0.2) is 34.9 Å². The lowest BCUT2D eigenvalue weighted by Gasteiger charge is -2.24. The van der Waals surface area contributed by atoms with Gasteiger partial charge >= 0.3 is 0 Å². The summed E-state index contributed by atoms with van der Waals surface area (Å²) in [5.74, 6) is -0.350. The topological polar surface area (TPSA) is 78.9 Å². The molecule has 98 valence electrons. The van der Waals surface area contributed by atoms with Crippen LogP contribution in [0, 0.1) is 0 Å². The van der Waals surface area contributed by atoms with Crippen molar-refractivity contribution in [3.05, 3.63) is 33.3 Å². The monoisotopic (exact) mass is 333 g/mol. The molecule has 0 spiro atoms. The van der Waals surface area contributed by atoms with Crippen molar-refractivity contribution in [2.75, 3.05) is 7.05 Å². The summed E-state index contributed by atoms with van der Waals surface area (Å²) in [5.41, 5.74) is 5.82. The molecule has 0 heterocycles. The normalized spacial score (nSPS) is 13.2. The number of amidine groups is 1. The number of carbonyl (C=O) groups excluding carboxylic acids is 1. The van der Waals surface area contributed by atoms with Crippen LogP contribution in [0.1, 0.15) is 17.3 Å². The van der Waals surface area contributed by atoms with Crippen LogP contribution in [-0.2, 0) is 0 Å². The average molecular weight is 335 g/mol. The molecule has 1 atom stereocenters. The van der Waals surface area contributed by atoms with Gasteiger partial charge in [0.15, 0.2) is 5.84 Å². The van der Waals surface area contributed by atoms with Gasteiger partial charge in [0.1, 0.15) is 0 Å². The minimum Gasteiger partial charge on any atom is -0.409 e. The molecule has 3 N–H and O–H groups in total. The Morgan fingerprint density at radius 3 is 2.78 bits per heavy atom. The van der Waals surface area contributed by atoms with Crippen molar-refractivity contribution in [1.82, 2.24) is 4.90 Å². The van der Waals surface area contributed by atoms with Crippen molar-refractivity contribution in [3.63, 3.8) is 0 Å². The molecule has 0 aromatic heterocycles. The molecule has 0 fully saturated rings. The molecule has 0 bridgehead atoms. The van der Waals surface area contributed by atoms with Gasteiger partial charge in [-0.15, -0.1) is 0 Å². The van der Waals surface area contributed by atoms with Crippen molar-refractivity contribution >= 4 is 39.3 Å². The van der Waals surface area contributed by atoms with E-state index in [1.807, 2.05) is 0 Å². The molecule has 0 aliphatic carbocycles. The first-order chi connectivity index (χ1) is 8.38. The minimum absolute atomic E-state index is 0.0445. The van der Waals surface area contributed by atoms with Crippen LogP contribution in [0.15, 0.2) is 27.8 Å². The predicted octanol–water partition coefficient (Wildman–Crippen LogP) is 2.31. The highest BCUT2D eigenvalue weighted by molar-refractivity contribution is 9.10. The summed E-state index contributed by atoms with van der Waals surface area (Å²) in [6, 6.07) is 4.46. The second-order valence-corrected chi connectivity index (χ2v) is 5.06. The van der Waals surface area contributed by atoms with Crippen LogP contribution >= 0.6 is 27.5 Å². The van der Waals surface area contributed by atoms with Gasteiger partial charge in [-0.1, -0.05) is 32.7 Å². The molecule has 0 saturated heterocycles. The first-order valence-electron chi connectivity index (χ1n) is 5.08. The zero-order valence-corrected chi connectivity index (χ0v) is 12.2. The Labute approximate surface area is 118 Å². The number of benzene rings is 1. The van der Waals surface area contributed by atoms with Gasteiger partial charge in [0, 0.05) is 11.5 Å². The smallest absolute Gasteiger partial charge is 0.255 e. The predicted molar refractivity (Wildman–Crippen MR) is 74.1 cm³/mol. The van der Waals surface area contributed by atoms with E-state index in [-0.39, 0.29) is 11.7 Å². The maximum Gasteiger partial charge on any atom is 0.255 e. The Morgan fingerprint density at radius 1 is 1.61 bits per heavy atom. The summed E-state index contributed by atoms with van der Waals surface area (Å²) in [6.45, 7) is 1.65. The molecule has 0 radical (unpaired) electrons. The number of oxime groups is 1. The van der Waals surface area contributed by atoms with Crippen LogP contribution in [0.25, 0.3) is 0 Å². The SMILES string of the molecule is CC(C(N)=NO)N(C)C(=O)c1cc(Br)ccc1Cl. The van der Waals surface area contributed by atoms with Gasteiger partial charge < -0.3 is 15.8 Å². The molecular weight excluding hydrogens is 321 g/mol. The van der Waals surface area contributed by atoms with Crippen molar-refractivity contribution in [3.8, 4) is 0 Å². The number of hydrogen-bond donors (Lipinski definition) is 2. The quantitative estimate of drug-likeness (QED) is 0.385. The van der Waals surface area contributed by atoms with Crippen molar-refractivity contribution in [1.29, 1.82) is 0 Å². The number of amides is 1. The summed E-state index contributed by atoms with van der Waals surface area (Å²) >= 11 is 9.25.